The van der Waals surface area contributed by atoms with Crippen molar-refractivity contribution in [2.45, 2.75) is 6.92 Å². The number of carbonyl (C=O) groups is 1. The second kappa shape index (κ2) is 5.84. The molecule has 0 spiro atoms. The van der Waals surface area contributed by atoms with Crippen LogP contribution in [0.2, 0.25) is 0 Å². The fourth-order valence-electron chi connectivity index (χ4n) is 1.93. The predicted octanol–water partition coefficient (Wildman–Crippen LogP) is 4.80. The summed E-state index contributed by atoms with van der Waals surface area (Å²) in [6.07, 6.45) is 0. The van der Waals surface area contributed by atoms with E-state index in [1.165, 1.54) is 11.3 Å². The van der Waals surface area contributed by atoms with Gasteiger partial charge in [0.25, 0.3) is 0 Å². The Kier molecular flexibility index (Phi) is 3.73. The third kappa shape index (κ3) is 3.05. The molecule has 22 heavy (non-hydrogen) atoms. The number of thiazole rings is 1. The molecule has 3 rings (SSSR count). The van der Waals surface area contributed by atoms with E-state index in [0.29, 0.717) is 10.8 Å². The van der Waals surface area contributed by atoms with E-state index >= 15 is 0 Å². The van der Waals surface area contributed by atoms with Gasteiger partial charge in [-0.2, -0.15) is 0 Å². The second-order valence-corrected chi connectivity index (χ2v) is 5.76. The maximum atomic E-state index is 12.0. The number of amides is 2. The van der Waals surface area contributed by atoms with E-state index < -0.39 is 0 Å². The monoisotopic (exact) mass is 308 g/mol. The second-order valence-electron chi connectivity index (χ2n) is 4.73. The normalized spacial score (nSPS) is 10.2. The Morgan fingerprint density at radius 3 is 2.68 bits per heavy atom. The molecule has 5 nitrogen and oxygen atoms in total. The molecule has 2 N–H and O–H groups in total. The van der Waals surface area contributed by atoms with Gasteiger partial charge in [-0.3, -0.25) is 5.32 Å². The predicted molar refractivity (Wildman–Crippen MR) is 89.7 cm³/mol. The van der Waals surface area contributed by atoms with Crippen LogP contribution < -0.4 is 10.6 Å². The number of rotatable bonds is 2. The highest BCUT2D eigenvalue weighted by atomic mass is 32.1. The average Bonchev–Trinajstić information content (AvgIpc) is 2.90. The quantitative estimate of drug-likeness (QED) is 0.668. The van der Waals surface area contributed by atoms with Crippen LogP contribution in [0.15, 0.2) is 42.5 Å². The number of nitrogens with one attached hydrogen (secondary N) is 2. The molecule has 0 aliphatic carbocycles. The summed E-state index contributed by atoms with van der Waals surface area (Å²) in [4.78, 5) is 19.7. The number of urea groups is 1. The van der Waals surface area contributed by atoms with Crippen molar-refractivity contribution in [3.63, 3.8) is 0 Å². The Hall–Kier alpha value is -2.91. The lowest BCUT2D eigenvalue weighted by molar-refractivity contribution is 0.262. The van der Waals surface area contributed by atoms with Gasteiger partial charge in [-0.25, -0.2) is 14.6 Å². The van der Waals surface area contributed by atoms with Gasteiger partial charge in [0.1, 0.15) is 0 Å². The minimum atomic E-state index is -0.340. The van der Waals surface area contributed by atoms with Crippen molar-refractivity contribution < 1.29 is 4.79 Å². The van der Waals surface area contributed by atoms with E-state index in [1.807, 2.05) is 31.2 Å². The van der Waals surface area contributed by atoms with Gasteiger partial charge in [0, 0.05) is 10.4 Å². The Bertz CT molecular complexity index is 877. The van der Waals surface area contributed by atoms with Crippen molar-refractivity contribution in [1.82, 2.24) is 4.98 Å². The fraction of sp³-hybridized carbons (Fsp3) is 0.0625. The van der Waals surface area contributed by atoms with E-state index in [-0.39, 0.29) is 6.03 Å². The first-order chi connectivity index (χ1) is 10.6. The number of anilines is 2. The van der Waals surface area contributed by atoms with Crippen LogP contribution in [0.3, 0.4) is 0 Å². The lowest BCUT2D eigenvalue weighted by atomic mass is 10.2. The summed E-state index contributed by atoms with van der Waals surface area (Å²) < 4.78 is 0.874. The van der Waals surface area contributed by atoms with E-state index in [4.69, 9.17) is 6.57 Å². The topological polar surface area (TPSA) is 58.4 Å². The van der Waals surface area contributed by atoms with Crippen LogP contribution in [-0.2, 0) is 0 Å². The standard InChI is InChI=1S/C16H12N4OS/c1-10-3-5-11(6-4-10)18-15(21)20-16-19-13-8-7-12(17-2)9-14(13)22-16/h3-9H,1H3,(H2,18,19,20,21). The number of benzene rings is 2. The van der Waals surface area contributed by atoms with Crippen LogP contribution in [0, 0.1) is 13.5 Å². The Morgan fingerprint density at radius 2 is 1.95 bits per heavy atom. The number of carbonyl (C=O) groups excluding carboxylic acids is 1. The number of hydrogen-bond acceptors (Lipinski definition) is 3. The van der Waals surface area contributed by atoms with Gasteiger partial charge < -0.3 is 5.32 Å². The Balaban J connectivity index is 1.73. The molecule has 0 radical (unpaired) electrons. The molecule has 2 aromatic carbocycles. The molecule has 6 heteroatoms. The highest BCUT2D eigenvalue weighted by molar-refractivity contribution is 7.22. The molecule has 108 valence electrons. The van der Waals surface area contributed by atoms with Gasteiger partial charge in [0.2, 0.25) is 0 Å². The van der Waals surface area contributed by atoms with E-state index in [2.05, 4.69) is 20.5 Å². The van der Waals surface area contributed by atoms with E-state index in [0.717, 1.165) is 21.5 Å². The first-order valence-corrected chi connectivity index (χ1v) is 7.38. The molecule has 3 aromatic rings. The van der Waals surface area contributed by atoms with Crippen molar-refractivity contribution >= 4 is 44.1 Å². The highest BCUT2D eigenvalue weighted by Crippen LogP contribution is 2.29. The van der Waals surface area contributed by atoms with Crippen molar-refractivity contribution in [2.75, 3.05) is 10.6 Å². The van der Waals surface area contributed by atoms with Gasteiger partial charge in [-0.05, 0) is 31.2 Å². The van der Waals surface area contributed by atoms with Crippen LogP contribution in [0.25, 0.3) is 15.1 Å². The van der Waals surface area contributed by atoms with Gasteiger partial charge in [0.15, 0.2) is 10.8 Å². The summed E-state index contributed by atoms with van der Waals surface area (Å²) in [5.74, 6) is 0. The maximum Gasteiger partial charge on any atom is 0.325 e. The van der Waals surface area contributed by atoms with E-state index in [1.54, 1.807) is 18.2 Å². The smallest absolute Gasteiger partial charge is 0.308 e. The molecule has 0 saturated carbocycles. The average molecular weight is 308 g/mol. The summed E-state index contributed by atoms with van der Waals surface area (Å²) in [6.45, 7) is 9.00. The van der Waals surface area contributed by atoms with Crippen molar-refractivity contribution in [3.8, 4) is 0 Å². The van der Waals surface area contributed by atoms with Crippen molar-refractivity contribution in [2.24, 2.45) is 0 Å². The molecule has 0 fully saturated rings. The molecule has 0 bridgehead atoms. The van der Waals surface area contributed by atoms with Crippen LogP contribution in [0.1, 0.15) is 5.56 Å². The molecule has 0 aliphatic rings. The van der Waals surface area contributed by atoms with Gasteiger partial charge in [0.05, 0.1) is 12.1 Å². The summed E-state index contributed by atoms with van der Waals surface area (Å²) in [5.41, 5.74) is 3.18. The zero-order valence-corrected chi connectivity index (χ0v) is 12.6. The number of fused-ring (bicyclic) bond motifs is 1. The number of nitrogens with zero attached hydrogens (tertiary/aromatic N) is 2. The van der Waals surface area contributed by atoms with Gasteiger partial charge in [-0.1, -0.05) is 35.1 Å². The molecule has 2 amide bonds. The zero-order chi connectivity index (χ0) is 15.5. The van der Waals surface area contributed by atoms with Crippen molar-refractivity contribution in [1.29, 1.82) is 0 Å². The number of hydrogen-bond donors (Lipinski definition) is 2. The van der Waals surface area contributed by atoms with Crippen LogP contribution >= 0.6 is 11.3 Å². The van der Waals surface area contributed by atoms with Crippen LogP contribution in [0.4, 0.5) is 21.3 Å². The number of aryl methyl sites for hydroxylation is 1. The summed E-state index contributed by atoms with van der Waals surface area (Å²) in [6, 6.07) is 12.5. The Labute approximate surface area is 131 Å². The zero-order valence-electron chi connectivity index (χ0n) is 11.8. The molecule has 0 saturated heterocycles. The minimum Gasteiger partial charge on any atom is -0.308 e. The molecular weight excluding hydrogens is 296 g/mol. The summed E-state index contributed by atoms with van der Waals surface area (Å²) in [7, 11) is 0. The molecule has 0 aliphatic heterocycles. The lowest BCUT2D eigenvalue weighted by Gasteiger charge is -2.05. The maximum absolute atomic E-state index is 12.0. The fourth-order valence-corrected chi connectivity index (χ4v) is 2.83. The Morgan fingerprint density at radius 1 is 1.18 bits per heavy atom. The molecule has 0 atom stereocenters. The minimum absolute atomic E-state index is 0.340. The molecular formula is C16H12N4OS. The first-order valence-electron chi connectivity index (χ1n) is 6.57. The van der Waals surface area contributed by atoms with Crippen LogP contribution in [-0.4, -0.2) is 11.0 Å². The summed E-state index contributed by atoms with van der Waals surface area (Å²) >= 11 is 1.34. The van der Waals surface area contributed by atoms with Crippen molar-refractivity contribution in [3.05, 3.63) is 59.4 Å². The summed E-state index contributed by atoms with van der Waals surface area (Å²) in [5, 5.41) is 5.97. The van der Waals surface area contributed by atoms with Crippen LogP contribution in [0.5, 0.6) is 0 Å². The molecule has 0 unspecified atom stereocenters. The van der Waals surface area contributed by atoms with Gasteiger partial charge >= 0.3 is 6.03 Å². The lowest BCUT2D eigenvalue weighted by Crippen LogP contribution is -2.19. The van der Waals surface area contributed by atoms with Gasteiger partial charge in [-0.15, -0.1) is 0 Å². The molecule has 1 aromatic heterocycles. The largest absolute Gasteiger partial charge is 0.325 e. The third-order valence-electron chi connectivity index (χ3n) is 3.03. The van der Waals surface area contributed by atoms with E-state index in [9.17, 15) is 4.79 Å². The SMILES string of the molecule is [C-]#[N+]c1ccc2nc(NC(=O)Nc3ccc(C)cc3)sc2c1. The molecule has 1 heterocycles. The first kappa shape index (κ1) is 14.0. The number of aromatic nitrogens is 1. The highest BCUT2D eigenvalue weighted by Gasteiger charge is 2.08. The third-order valence-corrected chi connectivity index (χ3v) is 3.96.